The van der Waals surface area contributed by atoms with Crippen molar-refractivity contribution in [2.75, 3.05) is 13.7 Å². The minimum Gasteiger partial charge on any atom is -0.468 e. The number of nitrogens with zero attached hydrogens (tertiary/aromatic N) is 2. The second-order valence-electron chi connectivity index (χ2n) is 6.12. The molecule has 0 spiro atoms. The number of guanidine groups is 1. The maximum absolute atomic E-state index is 12.2. The second-order valence-corrected chi connectivity index (χ2v) is 6.12. The summed E-state index contributed by atoms with van der Waals surface area (Å²) < 4.78 is 41.3. The highest BCUT2D eigenvalue weighted by Gasteiger charge is 2.28. The Morgan fingerprint density at radius 2 is 1.85 bits per heavy atom. The number of rotatable bonds is 6. The van der Waals surface area contributed by atoms with Crippen molar-refractivity contribution in [2.24, 2.45) is 4.99 Å². The Labute approximate surface area is 156 Å². The first kappa shape index (κ1) is 20.5. The zero-order chi connectivity index (χ0) is 19.9. The molecule has 0 fully saturated rings. The second kappa shape index (κ2) is 9.25. The maximum Gasteiger partial charge on any atom is 0.422 e. The molecule has 5 nitrogen and oxygen atoms in total. The summed E-state index contributed by atoms with van der Waals surface area (Å²) in [6.45, 7) is 3.72. The van der Waals surface area contributed by atoms with Crippen LogP contribution in [0.15, 0.2) is 41.5 Å². The number of aryl methyl sites for hydroxylation is 2. The zero-order valence-corrected chi connectivity index (χ0v) is 15.5. The molecule has 0 aliphatic heterocycles. The van der Waals surface area contributed by atoms with Crippen LogP contribution in [0.25, 0.3) is 0 Å². The lowest BCUT2D eigenvalue weighted by Gasteiger charge is -2.14. The molecule has 2 aromatic rings. The van der Waals surface area contributed by atoms with E-state index in [1.165, 1.54) is 23.4 Å². The molecule has 0 amide bonds. The molecule has 0 aliphatic carbocycles. The third-order valence-electron chi connectivity index (χ3n) is 3.81. The van der Waals surface area contributed by atoms with Gasteiger partial charge in [0.15, 0.2) is 12.6 Å². The van der Waals surface area contributed by atoms with Gasteiger partial charge >= 0.3 is 6.18 Å². The van der Waals surface area contributed by atoms with Gasteiger partial charge in [-0.25, -0.2) is 4.98 Å². The van der Waals surface area contributed by atoms with Gasteiger partial charge in [-0.1, -0.05) is 23.8 Å². The number of aliphatic imine (C=N–C) groups is 1. The highest BCUT2D eigenvalue weighted by atomic mass is 19.4. The van der Waals surface area contributed by atoms with E-state index in [2.05, 4.69) is 50.5 Å². The maximum atomic E-state index is 12.2. The predicted octanol–water partition coefficient (Wildman–Crippen LogP) is 3.50. The first-order valence-electron chi connectivity index (χ1n) is 8.42. The lowest BCUT2D eigenvalue weighted by molar-refractivity contribution is -0.154. The Morgan fingerprint density at radius 1 is 1.11 bits per heavy atom. The molecule has 2 N–H and O–H groups in total. The van der Waals surface area contributed by atoms with Crippen LogP contribution in [0.2, 0.25) is 0 Å². The lowest BCUT2D eigenvalue weighted by Crippen LogP contribution is -2.36. The van der Waals surface area contributed by atoms with E-state index in [0.29, 0.717) is 19.0 Å². The van der Waals surface area contributed by atoms with Crippen LogP contribution in [-0.2, 0) is 13.1 Å². The SMILES string of the molecule is CN=C(NCc1ccnc(OCC(F)(F)F)c1)NCc1ccc(C)cc1C. The fourth-order valence-electron chi connectivity index (χ4n) is 2.42. The smallest absolute Gasteiger partial charge is 0.422 e. The van der Waals surface area contributed by atoms with Crippen molar-refractivity contribution in [3.05, 3.63) is 58.8 Å². The quantitative estimate of drug-likeness (QED) is 0.595. The monoisotopic (exact) mass is 380 g/mol. The van der Waals surface area contributed by atoms with E-state index < -0.39 is 12.8 Å². The third kappa shape index (κ3) is 7.16. The molecule has 0 unspecified atom stereocenters. The Morgan fingerprint density at radius 3 is 2.52 bits per heavy atom. The van der Waals surface area contributed by atoms with Crippen LogP contribution in [0.3, 0.4) is 0 Å². The molecular formula is C19H23F3N4O. The highest BCUT2D eigenvalue weighted by molar-refractivity contribution is 5.79. The van der Waals surface area contributed by atoms with Crippen LogP contribution >= 0.6 is 0 Å². The van der Waals surface area contributed by atoms with Crippen molar-refractivity contribution in [1.82, 2.24) is 15.6 Å². The molecule has 1 aromatic heterocycles. The molecule has 27 heavy (non-hydrogen) atoms. The number of ether oxygens (including phenoxy) is 1. The first-order valence-corrected chi connectivity index (χ1v) is 8.42. The van der Waals surface area contributed by atoms with Crippen molar-refractivity contribution in [3.63, 3.8) is 0 Å². The van der Waals surface area contributed by atoms with E-state index in [4.69, 9.17) is 0 Å². The van der Waals surface area contributed by atoms with Crippen LogP contribution in [0, 0.1) is 13.8 Å². The van der Waals surface area contributed by atoms with Crippen molar-refractivity contribution >= 4 is 5.96 Å². The topological polar surface area (TPSA) is 58.5 Å². The first-order chi connectivity index (χ1) is 12.8. The van der Waals surface area contributed by atoms with Crippen LogP contribution in [0.4, 0.5) is 13.2 Å². The standard InChI is InChI=1S/C19H23F3N4O/c1-13-4-5-16(14(2)8-13)11-26-18(23-3)25-10-15-6-7-24-17(9-15)27-12-19(20,21)22/h4-9H,10-12H2,1-3H3,(H2,23,25,26). The third-order valence-corrected chi connectivity index (χ3v) is 3.81. The number of pyridine rings is 1. The summed E-state index contributed by atoms with van der Waals surface area (Å²) in [4.78, 5) is 7.94. The molecule has 0 atom stereocenters. The van der Waals surface area contributed by atoms with Gasteiger partial charge in [-0.2, -0.15) is 13.2 Å². The van der Waals surface area contributed by atoms with Gasteiger partial charge in [0.05, 0.1) is 0 Å². The van der Waals surface area contributed by atoms with E-state index in [0.717, 1.165) is 11.1 Å². The average Bonchev–Trinajstić information content (AvgIpc) is 2.61. The van der Waals surface area contributed by atoms with Gasteiger partial charge in [0.2, 0.25) is 5.88 Å². The van der Waals surface area contributed by atoms with E-state index >= 15 is 0 Å². The average molecular weight is 380 g/mol. The fraction of sp³-hybridized carbons (Fsp3) is 0.368. The van der Waals surface area contributed by atoms with Crippen molar-refractivity contribution in [2.45, 2.75) is 33.1 Å². The number of alkyl halides is 3. The van der Waals surface area contributed by atoms with E-state index in [1.54, 1.807) is 13.1 Å². The summed E-state index contributed by atoms with van der Waals surface area (Å²) in [5, 5.41) is 6.34. The minimum atomic E-state index is -4.39. The van der Waals surface area contributed by atoms with Crippen molar-refractivity contribution in [3.8, 4) is 5.88 Å². The summed E-state index contributed by atoms with van der Waals surface area (Å²) in [6.07, 6.45) is -2.98. The molecule has 0 aliphatic rings. The van der Waals surface area contributed by atoms with Gasteiger partial charge in [-0.3, -0.25) is 4.99 Å². The molecule has 0 radical (unpaired) electrons. The molecule has 1 aromatic carbocycles. The summed E-state index contributed by atoms with van der Waals surface area (Å²) in [6, 6.07) is 9.41. The van der Waals surface area contributed by atoms with Gasteiger partial charge in [-0.15, -0.1) is 0 Å². The number of hydrogen-bond donors (Lipinski definition) is 2. The summed E-state index contributed by atoms with van der Waals surface area (Å²) in [5.74, 6) is 0.523. The minimum absolute atomic E-state index is 0.0650. The van der Waals surface area contributed by atoms with E-state index in [9.17, 15) is 13.2 Å². The van der Waals surface area contributed by atoms with Crippen LogP contribution in [-0.4, -0.2) is 30.8 Å². The van der Waals surface area contributed by atoms with Gasteiger partial charge < -0.3 is 15.4 Å². The number of benzene rings is 1. The number of hydrogen-bond acceptors (Lipinski definition) is 3. The summed E-state index contributed by atoms with van der Waals surface area (Å²) in [5.41, 5.74) is 4.30. The molecule has 2 rings (SSSR count). The number of nitrogens with one attached hydrogen (secondary N) is 2. The molecule has 0 bridgehead atoms. The van der Waals surface area contributed by atoms with Gasteiger partial charge in [0, 0.05) is 32.4 Å². The van der Waals surface area contributed by atoms with Crippen LogP contribution in [0.1, 0.15) is 22.3 Å². The lowest BCUT2D eigenvalue weighted by atomic mass is 10.1. The number of aromatic nitrogens is 1. The number of halogens is 3. The predicted molar refractivity (Wildman–Crippen MR) is 98.7 cm³/mol. The zero-order valence-electron chi connectivity index (χ0n) is 15.5. The normalized spacial score (nSPS) is 12.0. The Balaban J connectivity index is 1.88. The van der Waals surface area contributed by atoms with Crippen molar-refractivity contribution in [1.29, 1.82) is 0 Å². The molecule has 146 valence electrons. The van der Waals surface area contributed by atoms with E-state index in [-0.39, 0.29) is 5.88 Å². The molecule has 8 heteroatoms. The Bertz CT molecular complexity index is 791. The Kier molecular flexibility index (Phi) is 7.04. The largest absolute Gasteiger partial charge is 0.468 e. The molecule has 1 heterocycles. The van der Waals surface area contributed by atoms with Gasteiger partial charge in [0.25, 0.3) is 0 Å². The van der Waals surface area contributed by atoms with E-state index in [1.807, 2.05) is 6.92 Å². The highest BCUT2D eigenvalue weighted by Crippen LogP contribution is 2.17. The van der Waals surface area contributed by atoms with Crippen molar-refractivity contribution < 1.29 is 17.9 Å². The fourth-order valence-corrected chi connectivity index (χ4v) is 2.42. The molecular weight excluding hydrogens is 357 g/mol. The van der Waals surface area contributed by atoms with Crippen LogP contribution < -0.4 is 15.4 Å². The molecule has 0 saturated carbocycles. The van der Waals surface area contributed by atoms with Gasteiger partial charge in [0.1, 0.15) is 0 Å². The summed E-state index contributed by atoms with van der Waals surface area (Å²) >= 11 is 0. The van der Waals surface area contributed by atoms with Crippen LogP contribution in [0.5, 0.6) is 5.88 Å². The Hall–Kier alpha value is -2.77. The van der Waals surface area contributed by atoms with Gasteiger partial charge in [-0.05, 0) is 36.6 Å². The summed E-state index contributed by atoms with van der Waals surface area (Å²) in [7, 11) is 1.65. The molecule has 0 saturated heterocycles.